The first-order valence-corrected chi connectivity index (χ1v) is 12.9. The second-order valence-corrected chi connectivity index (χ2v) is 9.46. The van der Waals surface area contributed by atoms with Crippen LogP contribution in [0.1, 0.15) is 21.2 Å². The average Bonchev–Trinajstić information content (AvgIpc) is 3.56. The number of carbonyl (C=O) groups is 1. The molecule has 11 heteroatoms. The van der Waals surface area contributed by atoms with Gasteiger partial charge in [0.2, 0.25) is 0 Å². The number of nitrogens with zero attached hydrogens (tertiary/aromatic N) is 6. The first kappa shape index (κ1) is 23.8. The number of hydrogen-bond donors (Lipinski definition) is 1. The molecule has 1 amide bonds. The van der Waals surface area contributed by atoms with Gasteiger partial charge in [-0.25, -0.2) is 9.37 Å². The SMILES string of the molecule is O=C(NCCc1ccccn1)c1csc(CSc2nnc(-c3ccncc3)n2-c2ccccc2F)n1. The van der Waals surface area contributed by atoms with Crippen molar-refractivity contribution in [2.75, 3.05) is 6.54 Å². The van der Waals surface area contributed by atoms with Gasteiger partial charge < -0.3 is 5.32 Å². The highest BCUT2D eigenvalue weighted by molar-refractivity contribution is 7.98. The van der Waals surface area contributed by atoms with Gasteiger partial charge in [0.25, 0.3) is 5.91 Å². The van der Waals surface area contributed by atoms with Crippen molar-refractivity contribution < 1.29 is 9.18 Å². The number of benzene rings is 1. The normalized spacial score (nSPS) is 10.9. The second-order valence-electron chi connectivity index (χ2n) is 7.57. The molecule has 0 saturated carbocycles. The molecule has 5 rings (SSSR count). The summed E-state index contributed by atoms with van der Waals surface area (Å²) in [5.74, 6) is 0.354. The number of halogens is 1. The Morgan fingerprint density at radius 2 is 1.86 bits per heavy atom. The summed E-state index contributed by atoms with van der Waals surface area (Å²) >= 11 is 2.76. The number of amides is 1. The number of thiazole rings is 1. The van der Waals surface area contributed by atoms with Crippen LogP contribution in [0.15, 0.2) is 83.7 Å². The third kappa shape index (κ3) is 5.47. The minimum atomic E-state index is -0.381. The van der Waals surface area contributed by atoms with Crippen LogP contribution in [-0.2, 0) is 12.2 Å². The number of nitrogens with one attached hydrogen (secondary N) is 1. The van der Waals surface area contributed by atoms with E-state index < -0.39 is 0 Å². The summed E-state index contributed by atoms with van der Waals surface area (Å²) in [4.78, 5) is 25.3. The summed E-state index contributed by atoms with van der Waals surface area (Å²) in [6.45, 7) is 0.473. The molecule has 0 atom stereocenters. The molecule has 0 saturated heterocycles. The maximum Gasteiger partial charge on any atom is 0.270 e. The summed E-state index contributed by atoms with van der Waals surface area (Å²) in [6.07, 6.45) is 5.68. The lowest BCUT2D eigenvalue weighted by atomic mass is 10.2. The Morgan fingerprint density at radius 1 is 1.03 bits per heavy atom. The van der Waals surface area contributed by atoms with E-state index in [0.717, 1.165) is 16.3 Å². The van der Waals surface area contributed by atoms with Crippen molar-refractivity contribution in [2.24, 2.45) is 0 Å². The minimum Gasteiger partial charge on any atom is -0.350 e. The molecule has 5 aromatic rings. The quantitative estimate of drug-likeness (QED) is 0.286. The van der Waals surface area contributed by atoms with Crippen LogP contribution in [0.4, 0.5) is 4.39 Å². The summed E-state index contributed by atoms with van der Waals surface area (Å²) < 4.78 is 16.4. The third-order valence-electron chi connectivity index (χ3n) is 5.17. The highest BCUT2D eigenvalue weighted by Crippen LogP contribution is 2.31. The van der Waals surface area contributed by atoms with Gasteiger partial charge >= 0.3 is 0 Å². The lowest BCUT2D eigenvalue weighted by Crippen LogP contribution is -2.26. The first-order valence-electron chi connectivity index (χ1n) is 11.0. The average molecular weight is 518 g/mol. The number of para-hydroxylation sites is 1. The molecular formula is C25H20FN7OS2. The van der Waals surface area contributed by atoms with Gasteiger partial charge in [0.05, 0.1) is 11.4 Å². The van der Waals surface area contributed by atoms with Crippen LogP contribution in [0.2, 0.25) is 0 Å². The predicted molar refractivity (Wildman–Crippen MR) is 136 cm³/mol. The van der Waals surface area contributed by atoms with Gasteiger partial charge in [-0.2, -0.15) is 0 Å². The molecule has 0 spiro atoms. The fourth-order valence-electron chi connectivity index (χ4n) is 3.45. The summed E-state index contributed by atoms with van der Waals surface area (Å²) in [5.41, 5.74) is 2.40. The fourth-order valence-corrected chi connectivity index (χ4v) is 5.19. The van der Waals surface area contributed by atoms with E-state index >= 15 is 0 Å². The van der Waals surface area contributed by atoms with Gasteiger partial charge in [-0.15, -0.1) is 21.5 Å². The van der Waals surface area contributed by atoms with Crippen LogP contribution >= 0.6 is 23.1 Å². The molecule has 0 fully saturated rings. The maximum atomic E-state index is 14.7. The van der Waals surface area contributed by atoms with Crippen LogP contribution in [0.5, 0.6) is 0 Å². The molecule has 0 radical (unpaired) electrons. The molecule has 0 aliphatic rings. The van der Waals surface area contributed by atoms with E-state index in [9.17, 15) is 9.18 Å². The zero-order valence-corrected chi connectivity index (χ0v) is 20.5. The van der Waals surface area contributed by atoms with Crippen LogP contribution in [-0.4, -0.2) is 42.2 Å². The van der Waals surface area contributed by atoms with E-state index in [4.69, 9.17) is 0 Å². The van der Waals surface area contributed by atoms with Crippen LogP contribution < -0.4 is 5.32 Å². The molecule has 36 heavy (non-hydrogen) atoms. The van der Waals surface area contributed by atoms with Gasteiger partial charge in [0.15, 0.2) is 11.0 Å². The van der Waals surface area contributed by atoms with Crippen molar-refractivity contribution in [3.05, 3.63) is 101 Å². The standard InChI is InChI=1S/C25H20FN7OS2/c26-19-6-1-2-7-21(19)33-23(17-8-12-27-13-9-17)31-32-25(33)36-16-22-30-20(15-35-22)24(34)29-14-10-18-5-3-4-11-28-18/h1-9,11-13,15H,10,14,16H2,(H,29,34). The second kappa shape index (κ2) is 11.2. The number of carbonyl (C=O) groups excluding carboxylic acids is 1. The monoisotopic (exact) mass is 517 g/mol. The van der Waals surface area contributed by atoms with E-state index in [1.54, 1.807) is 58.9 Å². The highest BCUT2D eigenvalue weighted by atomic mass is 32.2. The number of pyridine rings is 2. The number of hydrogen-bond acceptors (Lipinski definition) is 8. The summed E-state index contributed by atoms with van der Waals surface area (Å²) in [5, 5.41) is 14.5. The van der Waals surface area contributed by atoms with Gasteiger partial charge in [-0.05, 0) is 36.4 Å². The molecule has 0 aliphatic heterocycles. The first-order chi connectivity index (χ1) is 17.7. The molecule has 0 bridgehead atoms. The van der Waals surface area contributed by atoms with Gasteiger partial charge in [-0.3, -0.25) is 19.3 Å². The lowest BCUT2D eigenvalue weighted by molar-refractivity contribution is 0.0949. The molecule has 4 aromatic heterocycles. The Balaban J connectivity index is 1.29. The van der Waals surface area contributed by atoms with Crippen molar-refractivity contribution in [1.82, 2.24) is 35.0 Å². The Morgan fingerprint density at radius 3 is 2.67 bits per heavy atom. The zero-order chi connectivity index (χ0) is 24.7. The largest absolute Gasteiger partial charge is 0.350 e. The molecule has 0 aliphatic carbocycles. The predicted octanol–water partition coefficient (Wildman–Crippen LogP) is 4.58. The minimum absolute atomic E-state index is 0.229. The third-order valence-corrected chi connectivity index (χ3v) is 7.14. The van der Waals surface area contributed by atoms with Crippen molar-refractivity contribution in [1.29, 1.82) is 0 Å². The van der Waals surface area contributed by atoms with Crippen molar-refractivity contribution in [3.63, 3.8) is 0 Å². The smallest absolute Gasteiger partial charge is 0.270 e. The van der Waals surface area contributed by atoms with E-state index in [-0.39, 0.29) is 11.7 Å². The van der Waals surface area contributed by atoms with Crippen LogP contribution in [0, 0.1) is 5.82 Å². The zero-order valence-electron chi connectivity index (χ0n) is 18.9. The van der Waals surface area contributed by atoms with E-state index in [1.165, 1.54) is 29.2 Å². The summed E-state index contributed by atoms with van der Waals surface area (Å²) in [7, 11) is 0. The molecule has 0 unspecified atom stereocenters. The van der Waals surface area contributed by atoms with E-state index in [1.807, 2.05) is 18.2 Å². The Hall–Kier alpha value is -3.96. The Labute approximate surface area is 214 Å². The Kier molecular flexibility index (Phi) is 7.39. The molecule has 8 nitrogen and oxygen atoms in total. The highest BCUT2D eigenvalue weighted by Gasteiger charge is 2.19. The van der Waals surface area contributed by atoms with Crippen molar-refractivity contribution in [2.45, 2.75) is 17.3 Å². The van der Waals surface area contributed by atoms with Crippen LogP contribution in [0.25, 0.3) is 17.1 Å². The van der Waals surface area contributed by atoms with Gasteiger partial charge in [0, 0.05) is 48.2 Å². The van der Waals surface area contributed by atoms with Crippen molar-refractivity contribution in [3.8, 4) is 17.1 Å². The molecule has 180 valence electrons. The van der Waals surface area contributed by atoms with Crippen molar-refractivity contribution >= 4 is 29.0 Å². The van der Waals surface area contributed by atoms with Gasteiger partial charge in [0.1, 0.15) is 16.5 Å². The number of rotatable bonds is 9. The lowest BCUT2D eigenvalue weighted by Gasteiger charge is -2.10. The fraction of sp³-hybridized carbons (Fsp3) is 0.120. The van der Waals surface area contributed by atoms with Gasteiger partial charge in [-0.1, -0.05) is 30.0 Å². The molecule has 4 heterocycles. The maximum absolute atomic E-state index is 14.7. The summed E-state index contributed by atoms with van der Waals surface area (Å²) in [6, 6.07) is 15.8. The molecular weight excluding hydrogens is 497 g/mol. The molecule has 1 aromatic carbocycles. The molecule has 1 N–H and O–H groups in total. The van der Waals surface area contributed by atoms with E-state index in [2.05, 4.69) is 30.5 Å². The number of thioether (sulfide) groups is 1. The number of aromatic nitrogens is 6. The Bertz CT molecular complexity index is 1460. The van der Waals surface area contributed by atoms with E-state index in [0.29, 0.717) is 41.1 Å². The van der Waals surface area contributed by atoms with Crippen LogP contribution in [0.3, 0.4) is 0 Å². The topological polar surface area (TPSA) is 98.5 Å².